The molecule has 0 unspecified atom stereocenters. The molecule has 0 atom stereocenters. The first kappa shape index (κ1) is 14.0. The SMILES string of the molecule is C#CCNC(=O)CCC(=O)c1ccc(C)c(C)c1. The molecule has 0 aliphatic heterocycles. The summed E-state index contributed by atoms with van der Waals surface area (Å²) >= 11 is 0. The number of ketones is 1. The molecule has 1 aromatic rings. The third kappa shape index (κ3) is 4.06. The van der Waals surface area contributed by atoms with Crippen molar-refractivity contribution in [1.29, 1.82) is 0 Å². The zero-order chi connectivity index (χ0) is 13.5. The zero-order valence-electron chi connectivity index (χ0n) is 10.7. The van der Waals surface area contributed by atoms with Crippen LogP contribution >= 0.6 is 0 Å². The van der Waals surface area contributed by atoms with Gasteiger partial charge in [0, 0.05) is 18.4 Å². The molecule has 3 nitrogen and oxygen atoms in total. The van der Waals surface area contributed by atoms with Gasteiger partial charge in [0.15, 0.2) is 5.78 Å². The Morgan fingerprint density at radius 3 is 2.56 bits per heavy atom. The van der Waals surface area contributed by atoms with Crippen molar-refractivity contribution in [3.63, 3.8) is 0 Å². The van der Waals surface area contributed by atoms with Gasteiger partial charge in [0.05, 0.1) is 6.54 Å². The monoisotopic (exact) mass is 243 g/mol. The largest absolute Gasteiger partial charge is 0.345 e. The Kier molecular flexibility index (Phi) is 5.13. The molecular formula is C15H17NO2. The van der Waals surface area contributed by atoms with E-state index in [1.165, 1.54) is 0 Å². The number of hydrogen-bond acceptors (Lipinski definition) is 2. The lowest BCUT2D eigenvalue weighted by Crippen LogP contribution is -2.23. The van der Waals surface area contributed by atoms with Gasteiger partial charge in [0.1, 0.15) is 0 Å². The van der Waals surface area contributed by atoms with E-state index in [9.17, 15) is 9.59 Å². The summed E-state index contributed by atoms with van der Waals surface area (Å²) in [5.41, 5.74) is 2.89. The number of rotatable bonds is 5. The number of carbonyl (C=O) groups excluding carboxylic acids is 2. The maximum atomic E-state index is 11.9. The highest BCUT2D eigenvalue weighted by Gasteiger charge is 2.09. The second kappa shape index (κ2) is 6.61. The minimum absolute atomic E-state index is 0.0195. The van der Waals surface area contributed by atoms with E-state index in [1.54, 1.807) is 6.07 Å². The van der Waals surface area contributed by atoms with Crippen molar-refractivity contribution < 1.29 is 9.59 Å². The number of terminal acetylenes is 1. The second-order valence-corrected chi connectivity index (χ2v) is 4.20. The van der Waals surface area contributed by atoms with Gasteiger partial charge < -0.3 is 5.32 Å². The van der Waals surface area contributed by atoms with Crippen LogP contribution in [0.4, 0.5) is 0 Å². The van der Waals surface area contributed by atoms with Gasteiger partial charge in [-0.3, -0.25) is 9.59 Å². The van der Waals surface area contributed by atoms with E-state index >= 15 is 0 Å². The second-order valence-electron chi connectivity index (χ2n) is 4.20. The Hall–Kier alpha value is -2.08. The van der Waals surface area contributed by atoms with Crippen molar-refractivity contribution in [3.05, 3.63) is 34.9 Å². The van der Waals surface area contributed by atoms with Gasteiger partial charge in [0.2, 0.25) is 5.91 Å². The molecule has 18 heavy (non-hydrogen) atoms. The number of hydrogen-bond donors (Lipinski definition) is 1. The van der Waals surface area contributed by atoms with Crippen LogP contribution in [0, 0.1) is 26.2 Å². The number of Topliss-reactive ketones (excluding diaryl/α,β-unsaturated/α-hetero) is 1. The highest BCUT2D eigenvalue weighted by Crippen LogP contribution is 2.12. The van der Waals surface area contributed by atoms with Crippen LogP contribution in [0.2, 0.25) is 0 Å². The van der Waals surface area contributed by atoms with Gasteiger partial charge in [0.25, 0.3) is 0 Å². The summed E-state index contributed by atoms with van der Waals surface area (Å²) in [5.74, 6) is 2.11. The van der Waals surface area contributed by atoms with Gasteiger partial charge >= 0.3 is 0 Å². The van der Waals surface area contributed by atoms with Gasteiger partial charge in [-0.05, 0) is 31.0 Å². The molecule has 0 saturated carbocycles. The molecule has 0 aliphatic carbocycles. The van der Waals surface area contributed by atoms with Crippen LogP contribution in [0.1, 0.15) is 34.3 Å². The molecule has 1 amide bonds. The topological polar surface area (TPSA) is 46.2 Å². The molecule has 0 spiro atoms. The molecule has 0 fully saturated rings. The lowest BCUT2D eigenvalue weighted by Gasteiger charge is -2.05. The molecule has 3 heteroatoms. The summed E-state index contributed by atoms with van der Waals surface area (Å²) in [4.78, 5) is 23.2. The van der Waals surface area contributed by atoms with Crippen LogP contribution in [0.5, 0.6) is 0 Å². The van der Waals surface area contributed by atoms with Crippen molar-refractivity contribution in [3.8, 4) is 12.3 Å². The quantitative estimate of drug-likeness (QED) is 0.635. The molecule has 0 heterocycles. The van der Waals surface area contributed by atoms with Gasteiger partial charge in [-0.1, -0.05) is 18.1 Å². The van der Waals surface area contributed by atoms with Crippen molar-refractivity contribution >= 4 is 11.7 Å². The highest BCUT2D eigenvalue weighted by atomic mass is 16.2. The van der Waals surface area contributed by atoms with Crippen LogP contribution in [-0.2, 0) is 4.79 Å². The van der Waals surface area contributed by atoms with Crippen molar-refractivity contribution in [2.24, 2.45) is 0 Å². The minimum Gasteiger partial charge on any atom is -0.345 e. The average Bonchev–Trinajstić information content (AvgIpc) is 2.36. The normalized spacial score (nSPS) is 9.61. The predicted molar refractivity (Wildman–Crippen MR) is 71.3 cm³/mol. The number of carbonyl (C=O) groups is 2. The van der Waals surface area contributed by atoms with Crippen LogP contribution in [0.15, 0.2) is 18.2 Å². The molecule has 0 saturated heterocycles. The van der Waals surface area contributed by atoms with E-state index < -0.39 is 0 Å². The summed E-state index contributed by atoms with van der Waals surface area (Å²) in [5, 5.41) is 2.53. The number of nitrogens with one attached hydrogen (secondary N) is 1. The molecular weight excluding hydrogens is 226 g/mol. The maximum Gasteiger partial charge on any atom is 0.221 e. The van der Waals surface area contributed by atoms with Crippen molar-refractivity contribution in [2.45, 2.75) is 26.7 Å². The van der Waals surface area contributed by atoms with Crippen LogP contribution in [-0.4, -0.2) is 18.2 Å². The van der Waals surface area contributed by atoms with E-state index in [1.807, 2.05) is 26.0 Å². The predicted octanol–water partition coefficient (Wildman–Crippen LogP) is 2.02. The maximum absolute atomic E-state index is 11.9. The van der Waals surface area contributed by atoms with E-state index in [4.69, 9.17) is 6.42 Å². The molecule has 0 bridgehead atoms. The van der Waals surface area contributed by atoms with Crippen LogP contribution < -0.4 is 5.32 Å². The zero-order valence-corrected chi connectivity index (χ0v) is 10.7. The minimum atomic E-state index is -0.190. The Bertz CT molecular complexity index is 498. The molecule has 0 radical (unpaired) electrons. The Labute approximate surface area is 108 Å². The Morgan fingerprint density at radius 2 is 1.94 bits per heavy atom. The van der Waals surface area contributed by atoms with Gasteiger partial charge in [-0.2, -0.15) is 0 Å². The van der Waals surface area contributed by atoms with Gasteiger partial charge in [-0.25, -0.2) is 0 Å². The number of benzene rings is 1. The fourth-order valence-electron chi connectivity index (χ4n) is 1.52. The van der Waals surface area contributed by atoms with Crippen molar-refractivity contribution in [1.82, 2.24) is 5.32 Å². The summed E-state index contributed by atoms with van der Waals surface area (Å²) < 4.78 is 0. The average molecular weight is 243 g/mol. The Morgan fingerprint density at radius 1 is 1.22 bits per heavy atom. The summed E-state index contributed by atoms with van der Waals surface area (Å²) in [7, 11) is 0. The lowest BCUT2D eigenvalue weighted by molar-refractivity contribution is -0.120. The van der Waals surface area contributed by atoms with E-state index in [0.29, 0.717) is 5.56 Å². The molecule has 0 aliphatic rings. The third-order valence-electron chi connectivity index (χ3n) is 2.80. The standard InChI is InChI=1S/C15H17NO2/c1-4-9-16-15(18)8-7-14(17)13-6-5-11(2)12(3)10-13/h1,5-6,10H,7-9H2,2-3H3,(H,16,18). The lowest BCUT2D eigenvalue weighted by atomic mass is 10.0. The molecule has 94 valence electrons. The fraction of sp³-hybridized carbons (Fsp3) is 0.333. The third-order valence-corrected chi connectivity index (χ3v) is 2.80. The summed E-state index contributed by atoms with van der Waals surface area (Å²) in [6.45, 7) is 4.17. The van der Waals surface area contributed by atoms with Crippen LogP contribution in [0.25, 0.3) is 0 Å². The summed E-state index contributed by atoms with van der Waals surface area (Å²) in [6.07, 6.45) is 5.40. The number of aryl methyl sites for hydroxylation is 2. The van der Waals surface area contributed by atoms with E-state index in [2.05, 4.69) is 11.2 Å². The molecule has 1 N–H and O–H groups in total. The van der Waals surface area contributed by atoms with E-state index in [0.717, 1.165) is 11.1 Å². The summed E-state index contributed by atoms with van der Waals surface area (Å²) in [6, 6.07) is 5.57. The van der Waals surface area contributed by atoms with Crippen LogP contribution in [0.3, 0.4) is 0 Å². The Balaban J connectivity index is 2.53. The first-order valence-corrected chi connectivity index (χ1v) is 5.85. The highest BCUT2D eigenvalue weighted by molar-refractivity contribution is 5.98. The smallest absolute Gasteiger partial charge is 0.221 e. The first-order chi connectivity index (χ1) is 8.54. The molecule has 1 aromatic carbocycles. The molecule has 1 rings (SSSR count). The molecule has 0 aromatic heterocycles. The van der Waals surface area contributed by atoms with Gasteiger partial charge in [-0.15, -0.1) is 6.42 Å². The van der Waals surface area contributed by atoms with Crippen molar-refractivity contribution in [2.75, 3.05) is 6.54 Å². The first-order valence-electron chi connectivity index (χ1n) is 5.85. The fourth-order valence-corrected chi connectivity index (χ4v) is 1.52. The number of amides is 1. The van der Waals surface area contributed by atoms with E-state index in [-0.39, 0.29) is 31.1 Å².